The highest BCUT2D eigenvalue weighted by Crippen LogP contribution is 2.38. The van der Waals surface area contributed by atoms with Crippen LogP contribution >= 0.6 is 12.2 Å². The number of anilines is 1. The SMILES string of the molecule is Fc1ccc(NC(=S)N[C@@H]2CO[C@@H]3[C@@H]2OC[C@@H]3n2nnnc2-c2ccc3c(c2)OCO3)cc1. The maximum absolute atomic E-state index is 13.1. The quantitative estimate of drug-likeness (QED) is 0.550. The molecule has 170 valence electrons. The lowest BCUT2D eigenvalue weighted by Gasteiger charge is -2.20. The van der Waals surface area contributed by atoms with Crippen molar-refractivity contribution in [1.82, 2.24) is 25.5 Å². The molecule has 0 radical (unpaired) electrons. The van der Waals surface area contributed by atoms with Gasteiger partial charge in [0.25, 0.3) is 0 Å². The number of halogens is 1. The van der Waals surface area contributed by atoms with E-state index in [4.69, 9.17) is 31.2 Å². The van der Waals surface area contributed by atoms with Crippen molar-refractivity contribution in [3.05, 3.63) is 48.3 Å². The van der Waals surface area contributed by atoms with Crippen LogP contribution in [0, 0.1) is 5.82 Å². The first kappa shape index (κ1) is 20.3. The normalized spacial score (nSPS) is 25.1. The van der Waals surface area contributed by atoms with Gasteiger partial charge in [-0.25, -0.2) is 9.07 Å². The van der Waals surface area contributed by atoms with E-state index < -0.39 is 0 Å². The van der Waals surface area contributed by atoms with E-state index in [0.717, 1.165) is 5.56 Å². The lowest BCUT2D eigenvalue weighted by atomic mass is 10.1. The predicted octanol–water partition coefficient (Wildman–Crippen LogP) is 1.90. The molecule has 0 aliphatic carbocycles. The minimum atomic E-state index is -0.306. The Bertz CT molecular complexity index is 1190. The van der Waals surface area contributed by atoms with Crippen LogP contribution in [0.1, 0.15) is 6.04 Å². The summed E-state index contributed by atoms with van der Waals surface area (Å²) in [5.74, 6) is 1.64. The Morgan fingerprint density at radius 1 is 1.03 bits per heavy atom. The molecule has 2 saturated heterocycles. The van der Waals surface area contributed by atoms with Crippen LogP contribution in [0.25, 0.3) is 11.4 Å². The van der Waals surface area contributed by atoms with E-state index in [1.54, 1.807) is 16.8 Å². The van der Waals surface area contributed by atoms with Crippen LogP contribution in [0.15, 0.2) is 42.5 Å². The highest BCUT2D eigenvalue weighted by atomic mass is 32.1. The second kappa shape index (κ2) is 8.21. The van der Waals surface area contributed by atoms with Gasteiger partial charge in [0.2, 0.25) is 6.79 Å². The topological polar surface area (TPSA) is 105 Å². The number of rotatable bonds is 4. The largest absolute Gasteiger partial charge is 0.454 e. The third-order valence-corrected chi connectivity index (χ3v) is 6.10. The van der Waals surface area contributed by atoms with E-state index >= 15 is 0 Å². The molecule has 3 aliphatic rings. The van der Waals surface area contributed by atoms with E-state index in [1.807, 2.05) is 18.2 Å². The summed E-state index contributed by atoms with van der Waals surface area (Å²) in [5, 5.41) is 19.0. The fraction of sp³-hybridized carbons (Fsp3) is 0.333. The van der Waals surface area contributed by atoms with Gasteiger partial charge in [-0.15, -0.1) is 5.10 Å². The summed E-state index contributed by atoms with van der Waals surface area (Å²) in [6.45, 7) is 1.01. The summed E-state index contributed by atoms with van der Waals surface area (Å²) in [7, 11) is 0. The van der Waals surface area contributed by atoms with Crippen LogP contribution < -0.4 is 20.1 Å². The Hall–Kier alpha value is -3.35. The summed E-state index contributed by atoms with van der Waals surface area (Å²) >= 11 is 5.41. The minimum Gasteiger partial charge on any atom is -0.454 e. The Kier molecular flexibility index (Phi) is 5.04. The fourth-order valence-electron chi connectivity index (χ4n) is 4.32. The Labute approximate surface area is 193 Å². The molecule has 0 bridgehead atoms. The third-order valence-electron chi connectivity index (χ3n) is 5.88. The molecule has 2 aromatic carbocycles. The van der Waals surface area contributed by atoms with Crippen molar-refractivity contribution in [2.45, 2.75) is 24.3 Å². The molecule has 1 aromatic heterocycles. The second-order valence-corrected chi connectivity index (χ2v) is 8.30. The van der Waals surface area contributed by atoms with Crippen molar-refractivity contribution in [3.63, 3.8) is 0 Å². The van der Waals surface area contributed by atoms with Gasteiger partial charge in [-0.05, 0) is 65.1 Å². The molecule has 10 nitrogen and oxygen atoms in total. The molecule has 0 spiro atoms. The first-order valence-electron chi connectivity index (χ1n) is 10.4. The van der Waals surface area contributed by atoms with E-state index in [-0.39, 0.29) is 36.9 Å². The summed E-state index contributed by atoms with van der Waals surface area (Å²) in [5.41, 5.74) is 1.50. The smallest absolute Gasteiger partial charge is 0.231 e. The number of ether oxygens (including phenoxy) is 4. The molecule has 3 aliphatic heterocycles. The molecule has 4 atom stereocenters. The van der Waals surface area contributed by atoms with Gasteiger partial charge in [-0.1, -0.05) is 0 Å². The Morgan fingerprint density at radius 3 is 2.73 bits per heavy atom. The van der Waals surface area contributed by atoms with Crippen LogP contribution in [-0.2, 0) is 9.47 Å². The summed E-state index contributed by atoms with van der Waals surface area (Å²) in [4.78, 5) is 0. The van der Waals surface area contributed by atoms with E-state index in [1.165, 1.54) is 12.1 Å². The minimum absolute atomic E-state index is 0.147. The molecule has 33 heavy (non-hydrogen) atoms. The predicted molar refractivity (Wildman–Crippen MR) is 117 cm³/mol. The van der Waals surface area contributed by atoms with Gasteiger partial charge in [-0.3, -0.25) is 0 Å². The van der Waals surface area contributed by atoms with Crippen LogP contribution in [0.2, 0.25) is 0 Å². The summed E-state index contributed by atoms with van der Waals surface area (Å²) in [6, 6.07) is 11.2. The number of hydrogen-bond acceptors (Lipinski definition) is 8. The highest BCUT2D eigenvalue weighted by molar-refractivity contribution is 7.80. The summed E-state index contributed by atoms with van der Waals surface area (Å²) < 4.78 is 37.9. The first-order valence-corrected chi connectivity index (χ1v) is 10.8. The first-order chi connectivity index (χ1) is 16.2. The molecule has 0 saturated carbocycles. The Balaban J connectivity index is 1.15. The van der Waals surface area contributed by atoms with Gasteiger partial charge in [0.15, 0.2) is 22.4 Å². The zero-order valence-electron chi connectivity index (χ0n) is 17.2. The lowest BCUT2D eigenvalue weighted by molar-refractivity contribution is 0.0626. The molecular weight excluding hydrogens is 451 g/mol. The number of thiocarbonyl (C=S) groups is 1. The number of benzene rings is 2. The molecule has 12 heteroatoms. The number of tetrazole rings is 1. The monoisotopic (exact) mass is 470 g/mol. The van der Waals surface area contributed by atoms with Crippen molar-refractivity contribution >= 4 is 23.0 Å². The zero-order chi connectivity index (χ0) is 22.4. The van der Waals surface area contributed by atoms with Gasteiger partial charge in [0, 0.05) is 11.3 Å². The second-order valence-electron chi connectivity index (χ2n) is 7.89. The van der Waals surface area contributed by atoms with Gasteiger partial charge in [-0.2, -0.15) is 0 Å². The number of nitrogens with zero attached hydrogens (tertiary/aromatic N) is 4. The van der Waals surface area contributed by atoms with Crippen LogP contribution in [-0.4, -0.2) is 63.6 Å². The van der Waals surface area contributed by atoms with Crippen LogP contribution in [0.5, 0.6) is 11.5 Å². The molecule has 6 rings (SSSR count). The molecule has 0 amide bonds. The number of hydrogen-bond donors (Lipinski definition) is 2. The average molecular weight is 470 g/mol. The highest BCUT2D eigenvalue weighted by Gasteiger charge is 2.49. The van der Waals surface area contributed by atoms with E-state index in [2.05, 4.69) is 26.2 Å². The molecular formula is C21H19FN6O4S. The van der Waals surface area contributed by atoms with Gasteiger partial charge in [0.1, 0.15) is 24.1 Å². The zero-order valence-corrected chi connectivity index (χ0v) is 18.0. The van der Waals surface area contributed by atoms with E-state index in [0.29, 0.717) is 41.3 Å². The average Bonchev–Trinajstić information content (AvgIpc) is 3.60. The third kappa shape index (κ3) is 3.75. The van der Waals surface area contributed by atoms with Gasteiger partial charge in [0.05, 0.1) is 19.3 Å². The fourth-order valence-corrected chi connectivity index (χ4v) is 4.59. The molecule has 3 aromatic rings. The summed E-state index contributed by atoms with van der Waals surface area (Å²) in [6.07, 6.45) is -0.468. The van der Waals surface area contributed by atoms with Crippen molar-refractivity contribution in [1.29, 1.82) is 0 Å². The van der Waals surface area contributed by atoms with E-state index in [9.17, 15) is 4.39 Å². The van der Waals surface area contributed by atoms with Crippen molar-refractivity contribution in [3.8, 4) is 22.9 Å². The van der Waals surface area contributed by atoms with Gasteiger partial charge >= 0.3 is 0 Å². The molecule has 2 fully saturated rings. The molecule has 2 N–H and O–H groups in total. The number of fused-ring (bicyclic) bond motifs is 2. The van der Waals surface area contributed by atoms with Crippen LogP contribution in [0.4, 0.5) is 10.1 Å². The number of nitrogens with one attached hydrogen (secondary N) is 2. The maximum Gasteiger partial charge on any atom is 0.231 e. The van der Waals surface area contributed by atoms with Crippen LogP contribution in [0.3, 0.4) is 0 Å². The molecule has 0 unspecified atom stereocenters. The van der Waals surface area contributed by atoms with Gasteiger partial charge < -0.3 is 29.6 Å². The Morgan fingerprint density at radius 2 is 1.85 bits per heavy atom. The number of aromatic nitrogens is 4. The van der Waals surface area contributed by atoms with Crippen molar-refractivity contribution < 1.29 is 23.3 Å². The lowest BCUT2D eigenvalue weighted by Crippen LogP contribution is -2.45. The standard InChI is InChI=1S/C21H19FN6O4S/c22-12-2-4-13(5-3-12)23-21(33)24-14-8-29-19-15(9-30-18(14)19)28-20(25-26-27-28)11-1-6-16-17(7-11)32-10-31-16/h1-7,14-15,18-19H,8-10H2,(H2,23,24,33)/t14-,15+,18-,19+/m1/s1. The van der Waals surface area contributed by atoms with Crippen molar-refractivity contribution in [2.75, 3.05) is 25.3 Å². The molecule has 4 heterocycles. The van der Waals surface area contributed by atoms with Crippen molar-refractivity contribution in [2.24, 2.45) is 0 Å². The maximum atomic E-state index is 13.1.